The van der Waals surface area contributed by atoms with Gasteiger partial charge in [-0.15, -0.1) is 0 Å². The molecule has 0 aromatic carbocycles. The lowest BCUT2D eigenvalue weighted by molar-refractivity contribution is -0.141. The summed E-state index contributed by atoms with van der Waals surface area (Å²) in [4.78, 5) is 37.1. The molecule has 0 rings (SSSR count). The van der Waals surface area contributed by atoms with E-state index in [2.05, 4.69) is 5.32 Å². The first-order valence-corrected chi connectivity index (χ1v) is 6.37. The lowest BCUT2D eigenvalue weighted by atomic mass is 10.2. The van der Waals surface area contributed by atoms with Gasteiger partial charge >= 0.3 is 12.0 Å². The lowest BCUT2D eigenvalue weighted by Gasteiger charge is -2.26. The fourth-order valence-electron chi connectivity index (χ4n) is 1.44. The number of aliphatic hydroxyl groups excluding tert-OH is 1. The van der Waals surface area contributed by atoms with Gasteiger partial charge in [0.25, 0.3) is 0 Å². The van der Waals surface area contributed by atoms with Gasteiger partial charge in [0, 0.05) is 20.6 Å². The largest absolute Gasteiger partial charge is 0.480 e. The van der Waals surface area contributed by atoms with E-state index in [1.54, 1.807) is 14.1 Å². The van der Waals surface area contributed by atoms with Crippen molar-refractivity contribution in [3.63, 3.8) is 0 Å². The second-order valence-corrected chi connectivity index (χ2v) is 4.72. The Morgan fingerprint density at radius 1 is 1.25 bits per heavy atom. The van der Waals surface area contributed by atoms with Gasteiger partial charge in [-0.3, -0.25) is 4.79 Å². The molecule has 0 unspecified atom stereocenters. The van der Waals surface area contributed by atoms with Crippen molar-refractivity contribution in [2.24, 2.45) is 0 Å². The van der Waals surface area contributed by atoms with Gasteiger partial charge < -0.3 is 25.3 Å². The van der Waals surface area contributed by atoms with E-state index < -0.39 is 24.1 Å². The van der Waals surface area contributed by atoms with Crippen molar-refractivity contribution in [1.82, 2.24) is 15.1 Å². The number of nitrogens with one attached hydrogen (secondary N) is 1. The highest BCUT2D eigenvalue weighted by atomic mass is 16.4. The summed E-state index contributed by atoms with van der Waals surface area (Å²) in [6.07, 6.45) is -0.606. The van der Waals surface area contributed by atoms with Crippen LogP contribution in [-0.4, -0.2) is 77.3 Å². The van der Waals surface area contributed by atoms with Gasteiger partial charge in [0.15, 0.2) is 6.04 Å². The van der Waals surface area contributed by atoms with Crippen LogP contribution in [0.3, 0.4) is 0 Å². The van der Waals surface area contributed by atoms with Crippen LogP contribution in [0.1, 0.15) is 20.3 Å². The first kappa shape index (κ1) is 18.2. The number of carboxylic acids is 1. The molecule has 0 radical (unpaired) electrons. The fourth-order valence-corrected chi connectivity index (χ4v) is 1.44. The Morgan fingerprint density at radius 2 is 1.80 bits per heavy atom. The molecule has 0 heterocycles. The number of carbonyl (C=O) groups excluding carboxylic acids is 2. The van der Waals surface area contributed by atoms with Crippen molar-refractivity contribution in [2.75, 3.05) is 27.2 Å². The highest BCUT2D eigenvalue weighted by Crippen LogP contribution is 1.99. The number of urea groups is 1. The third-order valence-electron chi connectivity index (χ3n) is 2.63. The number of likely N-dealkylation sites (N-methyl/N-ethyl adjacent to an activating group) is 1. The number of aliphatic carboxylic acids is 1. The molecule has 0 aliphatic heterocycles. The molecular weight excluding hydrogens is 266 g/mol. The molecule has 0 aliphatic carbocycles. The van der Waals surface area contributed by atoms with E-state index in [0.29, 0.717) is 13.0 Å². The third kappa shape index (κ3) is 5.87. The van der Waals surface area contributed by atoms with Crippen molar-refractivity contribution in [3.05, 3.63) is 0 Å². The molecule has 3 amide bonds. The van der Waals surface area contributed by atoms with Crippen LogP contribution in [0.25, 0.3) is 0 Å². The molecule has 2 atom stereocenters. The highest BCUT2D eigenvalue weighted by molar-refractivity contribution is 5.86. The predicted octanol–water partition coefficient (Wildman–Crippen LogP) is -0.670. The van der Waals surface area contributed by atoms with Crippen molar-refractivity contribution >= 4 is 17.9 Å². The van der Waals surface area contributed by atoms with Crippen LogP contribution in [-0.2, 0) is 9.59 Å². The van der Waals surface area contributed by atoms with Gasteiger partial charge in [-0.25, -0.2) is 9.59 Å². The zero-order valence-electron chi connectivity index (χ0n) is 12.3. The van der Waals surface area contributed by atoms with Gasteiger partial charge in [-0.1, -0.05) is 6.92 Å². The Morgan fingerprint density at radius 3 is 2.15 bits per heavy atom. The fraction of sp³-hybridized carbons (Fsp3) is 0.750. The van der Waals surface area contributed by atoms with E-state index >= 15 is 0 Å². The van der Waals surface area contributed by atoms with Gasteiger partial charge in [-0.2, -0.15) is 0 Å². The Bertz CT molecular complexity index is 357. The number of aliphatic hydroxyl groups is 1. The summed E-state index contributed by atoms with van der Waals surface area (Å²) in [5.41, 5.74) is 0. The van der Waals surface area contributed by atoms with E-state index in [4.69, 9.17) is 5.11 Å². The van der Waals surface area contributed by atoms with Crippen molar-refractivity contribution in [3.8, 4) is 0 Å². The van der Waals surface area contributed by atoms with Gasteiger partial charge in [-0.05, 0) is 13.3 Å². The molecule has 0 saturated carbocycles. The SMILES string of the molecule is CCCN(CC(=O)N(C)C)C(=O)N[C@H](C(=O)O)[C@@H](C)O. The summed E-state index contributed by atoms with van der Waals surface area (Å²) in [7, 11) is 3.14. The summed E-state index contributed by atoms with van der Waals surface area (Å²) in [6.45, 7) is 3.29. The van der Waals surface area contributed by atoms with Crippen LogP contribution in [0.2, 0.25) is 0 Å². The molecule has 0 bridgehead atoms. The van der Waals surface area contributed by atoms with E-state index in [0.717, 1.165) is 0 Å². The molecule has 0 aliphatic rings. The smallest absolute Gasteiger partial charge is 0.328 e. The normalized spacial score (nSPS) is 13.2. The summed E-state index contributed by atoms with van der Waals surface area (Å²) in [6, 6.07) is -2.09. The number of carboxylic acid groups (broad SMARTS) is 1. The zero-order chi connectivity index (χ0) is 15.9. The highest BCUT2D eigenvalue weighted by Gasteiger charge is 2.27. The molecule has 3 N–H and O–H groups in total. The number of rotatable bonds is 7. The molecule has 0 saturated heterocycles. The average Bonchev–Trinajstić information content (AvgIpc) is 2.33. The van der Waals surface area contributed by atoms with Crippen LogP contribution in [0.5, 0.6) is 0 Å². The van der Waals surface area contributed by atoms with Crippen molar-refractivity contribution < 1.29 is 24.6 Å². The third-order valence-corrected chi connectivity index (χ3v) is 2.63. The van der Waals surface area contributed by atoms with E-state index in [-0.39, 0.29) is 12.5 Å². The van der Waals surface area contributed by atoms with Crippen LogP contribution < -0.4 is 5.32 Å². The topological polar surface area (TPSA) is 110 Å². The van der Waals surface area contributed by atoms with Crippen molar-refractivity contribution in [2.45, 2.75) is 32.4 Å². The molecule has 0 aromatic heterocycles. The van der Waals surface area contributed by atoms with Crippen LogP contribution in [0.4, 0.5) is 4.79 Å². The molecule has 0 spiro atoms. The van der Waals surface area contributed by atoms with Crippen molar-refractivity contribution in [1.29, 1.82) is 0 Å². The molecule has 0 aromatic rings. The number of nitrogens with zero attached hydrogens (tertiary/aromatic N) is 2. The first-order valence-electron chi connectivity index (χ1n) is 6.37. The van der Waals surface area contributed by atoms with Crippen LogP contribution >= 0.6 is 0 Å². The van der Waals surface area contributed by atoms with E-state index in [1.807, 2.05) is 6.92 Å². The number of hydrogen-bond donors (Lipinski definition) is 3. The first-order chi connectivity index (χ1) is 9.20. The summed E-state index contributed by atoms with van der Waals surface area (Å²) in [5, 5.41) is 20.4. The Balaban J connectivity index is 4.79. The van der Waals surface area contributed by atoms with E-state index in [9.17, 15) is 19.5 Å². The maximum Gasteiger partial charge on any atom is 0.328 e. The second-order valence-electron chi connectivity index (χ2n) is 4.72. The standard InChI is InChI=1S/C12H23N3O5/c1-5-6-15(7-9(17)14(3)4)12(20)13-10(8(2)16)11(18)19/h8,10,16H,5-7H2,1-4H3,(H,13,20)(H,18,19)/t8-,10+/m1/s1. The maximum atomic E-state index is 12.0. The van der Waals surface area contributed by atoms with Crippen LogP contribution in [0.15, 0.2) is 0 Å². The van der Waals surface area contributed by atoms with Crippen LogP contribution in [0, 0.1) is 0 Å². The Labute approximate surface area is 118 Å². The molecular formula is C12H23N3O5. The maximum absolute atomic E-state index is 12.0. The molecule has 116 valence electrons. The quantitative estimate of drug-likeness (QED) is 0.576. The number of hydrogen-bond acceptors (Lipinski definition) is 4. The molecule has 0 fully saturated rings. The summed E-state index contributed by atoms with van der Waals surface area (Å²) >= 11 is 0. The minimum Gasteiger partial charge on any atom is -0.480 e. The second kappa shape index (κ2) is 8.36. The Hall–Kier alpha value is -1.83. The summed E-state index contributed by atoms with van der Waals surface area (Å²) in [5.74, 6) is -1.60. The van der Waals surface area contributed by atoms with Gasteiger partial charge in [0.2, 0.25) is 5.91 Å². The Kier molecular flexibility index (Phi) is 7.60. The predicted molar refractivity (Wildman–Crippen MR) is 72.2 cm³/mol. The summed E-state index contributed by atoms with van der Waals surface area (Å²) < 4.78 is 0. The molecule has 8 heteroatoms. The van der Waals surface area contributed by atoms with Gasteiger partial charge in [0.05, 0.1) is 6.10 Å². The average molecular weight is 289 g/mol. The minimum absolute atomic E-state index is 0.140. The number of amides is 3. The number of carbonyl (C=O) groups is 3. The van der Waals surface area contributed by atoms with E-state index in [1.165, 1.54) is 16.7 Å². The monoisotopic (exact) mass is 289 g/mol. The minimum atomic E-state index is -1.41. The zero-order valence-corrected chi connectivity index (χ0v) is 12.3. The van der Waals surface area contributed by atoms with Gasteiger partial charge in [0.1, 0.15) is 6.54 Å². The lowest BCUT2D eigenvalue weighted by Crippen LogP contribution is -2.54. The molecule has 20 heavy (non-hydrogen) atoms. The molecule has 8 nitrogen and oxygen atoms in total.